The zero-order valence-corrected chi connectivity index (χ0v) is 13.5. The molecule has 0 aromatic heterocycles. The van der Waals surface area contributed by atoms with E-state index in [4.69, 9.17) is 0 Å². The number of hydrogen-bond acceptors (Lipinski definition) is 2. The Morgan fingerprint density at radius 2 is 2.05 bits per heavy atom. The summed E-state index contributed by atoms with van der Waals surface area (Å²) in [5, 5.41) is 6.15. The molecule has 6 heteroatoms. The lowest BCUT2D eigenvalue weighted by Gasteiger charge is -2.26. The summed E-state index contributed by atoms with van der Waals surface area (Å²) in [4.78, 5) is 12.3. The number of benzene rings is 1. The summed E-state index contributed by atoms with van der Waals surface area (Å²) in [6.07, 6.45) is 3.06. The lowest BCUT2D eigenvalue weighted by molar-refractivity contribution is -0.126. The Morgan fingerprint density at radius 1 is 1.36 bits per heavy atom. The molecule has 1 amide bonds. The van der Waals surface area contributed by atoms with Gasteiger partial charge in [0, 0.05) is 17.5 Å². The molecule has 1 aliphatic rings. The summed E-state index contributed by atoms with van der Waals surface area (Å²) in [6.45, 7) is 3.65. The fraction of sp³-hybridized carbons (Fsp3) is 0.562. The van der Waals surface area contributed by atoms with E-state index in [9.17, 15) is 13.6 Å². The molecule has 1 aromatic rings. The van der Waals surface area contributed by atoms with Gasteiger partial charge in [-0.25, -0.2) is 8.78 Å². The van der Waals surface area contributed by atoms with Crippen LogP contribution in [0.15, 0.2) is 18.2 Å². The first-order valence-electron chi connectivity index (χ1n) is 7.58. The molecule has 1 saturated heterocycles. The van der Waals surface area contributed by atoms with Crippen LogP contribution >= 0.6 is 12.4 Å². The van der Waals surface area contributed by atoms with Crippen LogP contribution in [-0.4, -0.2) is 19.0 Å². The number of carbonyl (C=O) groups is 1. The molecular formula is C16H23ClF2N2O. The first-order chi connectivity index (χ1) is 10.1. The third kappa shape index (κ3) is 4.92. The SMILES string of the molecule is CCCC(NC(=O)C1CCNCC1)c1ccc(F)cc1F.Cl. The van der Waals surface area contributed by atoms with Gasteiger partial charge >= 0.3 is 0 Å². The zero-order valence-electron chi connectivity index (χ0n) is 12.7. The molecule has 22 heavy (non-hydrogen) atoms. The van der Waals surface area contributed by atoms with Crippen molar-refractivity contribution in [2.75, 3.05) is 13.1 Å². The van der Waals surface area contributed by atoms with Crippen molar-refractivity contribution in [3.05, 3.63) is 35.4 Å². The summed E-state index contributed by atoms with van der Waals surface area (Å²) < 4.78 is 26.9. The molecule has 2 rings (SSSR count). The highest BCUT2D eigenvalue weighted by molar-refractivity contribution is 5.85. The number of hydrogen-bond donors (Lipinski definition) is 2. The van der Waals surface area contributed by atoms with E-state index in [1.54, 1.807) is 0 Å². The Morgan fingerprint density at radius 3 is 2.64 bits per heavy atom. The minimum absolute atomic E-state index is 0. The van der Waals surface area contributed by atoms with Gasteiger partial charge in [-0.3, -0.25) is 4.79 Å². The van der Waals surface area contributed by atoms with Crippen LogP contribution in [-0.2, 0) is 4.79 Å². The molecule has 2 N–H and O–H groups in total. The van der Waals surface area contributed by atoms with Gasteiger partial charge < -0.3 is 10.6 Å². The Kier molecular flexibility index (Phi) is 7.76. The molecule has 1 atom stereocenters. The highest BCUT2D eigenvalue weighted by Crippen LogP contribution is 2.24. The summed E-state index contributed by atoms with van der Waals surface area (Å²) in [5.74, 6) is -1.25. The van der Waals surface area contributed by atoms with Crippen molar-refractivity contribution in [1.82, 2.24) is 10.6 Å². The van der Waals surface area contributed by atoms with Gasteiger partial charge in [0.1, 0.15) is 11.6 Å². The quantitative estimate of drug-likeness (QED) is 0.868. The summed E-state index contributed by atoms with van der Waals surface area (Å²) in [7, 11) is 0. The van der Waals surface area contributed by atoms with Crippen molar-refractivity contribution in [2.24, 2.45) is 5.92 Å². The van der Waals surface area contributed by atoms with Gasteiger partial charge in [-0.1, -0.05) is 19.4 Å². The first kappa shape index (κ1) is 18.8. The minimum atomic E-state index is -0.601. The second-order valence-electron chi connectivity index (χ2n) is 5.54. The fourth-order valence-electron chi connectivity index (χ4n) is 2.75. The topological polar surface area (TPSA) is 41.1 Å². The first-order valence-corrected chi connectivity index (χ1v) is 7.58. The Bertz CT molecular complexity index is 493. The third-order valence-electron chi connectivity index (χ3n) is 3.94. The average molecular weight is 333 g/mol. The molecule has 3 nitrogen and oxygen atoms in total. The van der Waals surface area contributed by atoms with Gasteiger partial charge in [0.25, 0.3) is 0 Å². The van der Waals surface area contributed by atoms with E-state index in [-0.39, 0.29) is 24.2 Å². The van der Waals surface area contributed by atoms with E-state index >= 15 is 0 Å². The molecule has 1 aliphatic heterocycles. The van der Waals surface area contributed by atoms with Crippen molar-refractivity contribution in [3.8, 4) is 0 Å². The highest BCUT2D eigenvalue weighted by atomic mass is 35.5. The van der Waals surface area contributed by atoms with E-state index in [0.29, 0.717) is 12.0 Å². The van der Waals surface area contributed by atoms with E-state index in [1.165, 1.54) is 12.1 Å². The fourth-order valence-corrected chi connectivity index (χ4v) is 2.75. The summed E-state index contributed by atoms with van der Waals surface area (Å²) in [6, 6.07) is 3.14. The van der Waals surface area contributed by atoms with Crippen LogP contribution in [0.3, 0.4) is 0 Å². The maximum atomic E-state index is 13.9. The predicted molar refractivity (Wildman–Crippen MR) is 85.0 cm³/mol. The van der Waals surface area contributed by atoms with Crippen LogP contribution < -0.4 is 10.6 Å². The molecule has 0 spiro atoms. The van der Waals surface area contributed by atoms with E-state index in [1.807, 2.05) is 6.92 Å². The molecule has 1 aromatic carbocycles. The maximum Gasteiger partial charge on any atom is 0.223 e. The molecule has 0 aliphatic carbocycles. The normalized spacial score (nSPS) is 16.7. The Hall–Kier alpha value is -1.20. The summed E-state index contributed by atoms with van der Waals surface area (Å²) >= 11 is 0. The maximum absolute atomic E-state index is 13.9. The summed E-state index contributed by atoms with van der Waals surface area (Å²) in [5.41, 5.74) is 0.362. The monoisotopic (exact) mass is 332 g/mol. The van der Waals surface area contributed by atoms with Crippen LogP contribution in [0.5, 0.6) is 0 Å². The number of piperidine rings is 1. The third-order valence-corrected chi connectivity index (χ3v) is 3.94. The van der Waals surface area contributed by atoms with Crippen LogP contribution in [0.1, 0.15) is 44.2 Å². The van der Waals surface area contributed by atoms with E-state index in [0.717, 1.165) is 38.4 Å². The predicted octanol–water partition coefficient (Wildman–Crippen LogP) is 3.34. The van der Waals surface area contributed by atoms with Gasteiger partial charge in [-0.05, 0) is 38.4 Å². The lowest BCUT2D eigenvalue weighted by atomic mass is 9.95. The van der Waals surface area contributed by atoms with Crippen LogP contribution in [0.4, 0.5) is 8.78 Å². The molecular weight excluding hydrogens is 310 g/mol. The van der Waals surface area contributed by atoms with Crippen molar-refractivity contribution >= 4 is 18.3 Å². The molecule has 1 unspecified atom stereocenters. The van der Waals surface area contributed by atoms with Crippen molar-refractivity contribution in [3.63, 3.8) is 0 Å². The van der Waals surface area contributed by atoms with E-state index < -0.39 is 17.7 Å². The minimum Gasteiger partial charge on any atom is -0.349 e. The molecule has 124 valence electrons. The van der Waals surface area contributed by atoms with Crippen molar-refractivity contribution in [1.29, 1.82) is 0 Å². The van der Waals surface area contributed by atoms with Crippen molar-refractivity contribution in [2.45, 2.75) is 38.6 Å². The molecule has 1 heterocycles. The highest BCUT2D eigenvalue weighted by Gasteiger charge is 2.24. The van der Waals surface area contributed by atoms with Crippen LogP contribution in [0.25, 0.3) is 0 Å². The largest absolute Gasteiger partial charge is 0.349 e. The zero-order chi connectivity index (χ0) is 15.2. The van der Waals surface area contributed by atoms with E-state index in [2.05, 4.69) is 10.6 Å². The molecule has 0 radical (unpaired) electrons. The number of carbonyl (C=O) groups excluding carboxylic acids is 1. The number of rotatable bonds is 5. The van der Waals surface area contributed by atoms with Gasteiger partial charge in [0.05, 0.1) is 6.04 Å². The van der Waals surface area contributed by atoms with Gasteiger partial charge in [0.15, 0.2) is 0 Å². The standard InChI is InChI=1S/C16H22F2N2O.ClH/c1-2-3-15(13-5-4-12(17)10-14(13)18)20-16(21)11-6-8-19-9-7-11;/h4-5,10-11,15,19H,2-3,6-9H2,1H3,(H,20,21);1H. The Balaban J connectivity index is 0.00000242. The van der Waals surface area contributed by atoms with Crippen LogP contribution in [0.2, 0.25) is 0 Å². The van der Waals surface area contributed by atoms with Crippen molar-refractivity contribution < 1.29 is 13.6 Å². The number of amides is 1. The molecule has 1 fully saturated rings. The number of halogens is 3. The van der Waals surface area contributed by atoms with Gasteiger partial charge in [-0.2, -0.15) is 0 Å². The van der Waals surface area contributed by atoms with Crippen LogP contribution in [0, 0.1) is 17.6 Å². The van der Waals surface area contributed by atoms with Gasteiger partial charge in [0.2, 0.25) is 5.91 Å². The second kappa shape index (κ2) is 9.06. The molecule has 0 saturated carbocycles. The van der Waals surface area contributed by atoms with Gasteiger partial charge in [-0.15, -0.1) is 12.4 Å². The smallest absolute Gasteiger partial charge is 0.223 e. The lowest BCUT2D eigenvalue weighted by Crippen LogP contribution is -2.39. The Labute approximate surface area is 136 Å². The second-order valence-corrected chi connectivity index (χ2v) is 5.54. The number of nitrogens with one attached hydrogen (secondary N) is 2. The average Bonchev–Trinajstić information content (AvgIpc) is 2.48. The molecule has 0 bridgehead atoms.